The SMILES string of the molecule is CC1(c2ccccc2)Oc2ncnc(Br)c2C1C1C=CC=CC1. The van der Waals surface area contributed by atoms with Crippen LogP contribution in [0.3, 0.4) is 0 Å². The summed E-state index contributed by atoms with van der Waals surface area (Å²) in [5.74, 6) is 1.21. The van der Waals surface area contributed by atoms with Gasteiger partial charge in [0.05, 0.1) is 5.56 Å². The maximum absolute atomic E-state index is 6.39. The van der Waals surface area contributed by atoms with Crippen LogP contribution in [0.5, 0.6) is 5.88 Å². The summed E-state index contributed by atoms with van der Waals surface area (Å²) in [6, 6.07) is 10.4. The van der Waals surface area contributed by atoms with E-state index in [2.05, 4.69) is 81.4 Å². The van der Waals surface area contributed by atoms with Crippen LogP contribution in [0.1, 0.15) is 30.4 Å². The zero-order valence-electron chi connectivity index (χ0n) is 12.8. The molecule has 1 aliphatic carbocycles. The van der Waals surface area contributed by atoms with Gasteiger partial charge in [-0.15, -0.1) is 0 Å². The van der Waals surface area contributed by atoms with Gasteiger partial charge in [-0.25, -0.2) is 9.97 Å². The molecule has 0 bridgehead atoms. The molecule has 1 aromatic heterocycles. The summed E-state index contributed by atoms with van der Waals surface area (Å²) >= 11 is 3.61. The lowest BCUT2D eigenvalue weighted by molar-refractivity contribution is 0.0677. The van der Waals surface area contributed by atoms with Crippen molar-refractivity contribution in [2.45, 2.75) is 24.9 Å². The molecule has 0 saturated heterocycles. The maximum atomic E-state index is 6.39. The fourth-order valence-corrected chi connectivity index (χ4v) is 4.23. The fraction of sp³-hybridized carbons (Fsp3) is 0.263. The van der Waals surface area contributed by atoms with Crippen LogP contribution in [0, 0.1) is 5.92 Å². The average Bonchev–Trinajstić information content (AvgIpc) is 2.91. The smallest absolute Gasteiger partial charge is 0.222 e. The van der Waals surface area contributed by atoms with Gasteiger partial charge in [-0.05, 0) is 40.8 Å². The summed E-state index contributed by atoms with van der Waals surface area (Å²) in [4.78, 5) is 8.72. The molecule has 2 heterocycles. The van der Waals surface area contributed by atoms with Crippen molar-refractivity contribution in [1.82, 2.24) is 9.97 Å². The zero-order chi connectivity index (χ0) is 15.9. The second-order valence-electron chi connectivity index (χ2n) is 6.15. The summed E-state index contributed by atoms with van der Waals surface area (Å²) in [6.07, 6.45) is 11.2. The summed E-state index contributed by atoms with van der Waals surface area (Å²) in [7, 11) is 0. The van der Waals surface area contributed by atoms with Gasteiger partial charge in [0.1, 0.15) is 16.5 Å². The monoisotopic (exact) mass is 368 g/mol. The van der Waals surface area contributed by atoms with Crippen molar-refractivity contribution in [3.63, 3.8) is 0 Å². The van der Waals surface area contributed by atoms with Crippen LogP contribution in [0.4, 0.5) is 0 Å². The molecule has 0 spiro atoms. The molecule has 0 fully saturated rings. The molecule has 0 amide bonds. The molecule has 0 saturated carbocycles. The molecule has 23 heavy (non-hydrogen) atoms. The van der Waals surface area contributed by atoms with Crippen molar-refractivity contribution in [3.8, 4) is 5.88 Å². The van der Waals surface area contributed by atoms with Gasteiger partial charge < -0.3 is 4.74 Å². The largest absolute Gasteiger partial charge is 0.465 e. The van der Waals surface area contributed by atoms with Crippen molar-refractivity contribution in [2.24, 2.45) is 5.92 Å². The molecule has 0 radical (unpaired) electrons. The lowest BCUT2D eigenvalue weighted by Crippen LogP contribution is -2.35. The second-order valence-corrected chi connectivity index (χ2v) is 6.90. The fourth-order valence-electron chi connectivity index (χ4n) is 3.72. The third kappa shape index (κ3) is 2.32. The normalized spacial score (nSPS) is 28.4. The molecule has 2 aromatic rings. The van der Waals surface area contributed by atoms with Crippen LogP contribution in [-0.4, -0.2) is 9.97 Å². The molecule has 116 valence electrons. The number of hydrogen-bond acceptors (Lipinski definition) is 3. The van der Waals surface area contributed by atoms with Crippen LogP contribution in [0.2, 0.25) is 0 Å². The topological polar surface area (TPSA) is 35.0 Å². The zero-order valence-corrected chi connectivity index (χ0v) is 14.4. The van der Waals surface area contributed by atoms with Crippen LogP contribution in [0.25, 0.3) is 0 Å². The standard InChI is InChI=1S/C19H17BrN2O/c1-19(14-10-6-3-7-11-14)16(13-8-4-2-5-9-13)15-17(20)21-12-22-18(15)23-19/h2-8,10-13,16H,9H2,1H3. The molecule has 0 N–H and O–H groups in total. The number of ether oxygens (including phenoxy) is 1. The number of halogens is 1. The Balaban J connectivity index is 1.88. The van der Waals surface area contributed by atoms with Crippen molar-refractivity contribution in [3.05, 3.63) is 76.7 Å². The molecule has 1 aliphatic heterocycles. The number of allylic oxidation sites excluding steroid dienone is 4. The maximum Gasteiger partial charge on any atom is 0.222 e. The first-order chi connectivity index (χ1) is 11.2. The highest BCUT2D eigenvalue weighted by Gasteiger charge is 2.51. The first-order valence-electron chi connectivity index (χ1n) is 7.78. The lowest BCUT2D eigenvalue weighted by atomic mass is 9.71. The second kappa shape index (κ2) is 5.60. The summed E-state index contributed by atoms with van der Waals surface area (Å²) in [5.41, 5.74) is 1.78. The van der Waals surface area contributed by atoms with Gasteiger partial charge in [-0.2, -0.15) is 0 Å². The molecular formula is C19H17BrN2O. The highest BCUT2D eigenvalue weighted by molar-refractivity contribution is 9.10. The van der Waals surface area contributed by atoms with Crippen molar-refractivity contribution in [2.75, 3.05) is 0 Å². The Morgan fingerprint density at radius 3 is 2.74 bits per heavy atom. The van der Waals surface area contributed by atoms with Crippen LogP contribution < -0.4 is 4.74 Å². The molecule has 4 rings (SSSR count). The Morgan fingerprint density at radius 1 is 1.17 bits per heavy atom. The van der Waals surface area contributed by atoms with Gasteiger partial charge in [0.15, 0.2) is 0 Å². The van der Waals surface area contributed by atoms with Crippen molar-refractivity contribution in [1.29, 1.82) is 0 Å². The summed E-state index contributed by atoms with van der Waals surface area (Å²) in [6.45, 7) is 2.16. The lowest BCUT2D eigenvalue weighted by Gasteiger charge is -2.35. The number of aromatic nitrogens is 2. The van der Waals surface area contributed by atoms with Crippen LogP contribution >= 0.6 is 15.9 Å². The van der Waals surface area contributed by atoms with Gasteiger partial charge in [0.25, 0.3) is 0 Å². The van der Waals surface area contributed by atoms with Crippen molar-refractivity contribution >= 4 is 15.9 Å². The van der Waals surface area contributed by atoms with Gasteiger partial charge in [-0.3, -0.25) is 0 Å². The van der Waals surface area contributed by atoms with E-state index in [4.69, 9.17) is 4.74 Å². The third-order valence-electron chi connectivity index (χ3n) is 4.80. The first-order valence-corrected chi connectivity index (χ1v) is 8.58. The summed E-state index contributed by atoms with van der Waals surface area (Å²) < 4.78 is 7.22. The van der Waals surface area contributed by atoms with Crippen LogP contribution in [0.15, 0.2) is 65.6 Å². The minimum absolute atomic E-state index is 0.164. The van der Waals surface area contributed by atoms with E-state index >= 15 is 0 Å². The molecule has 3 unspecified atom stereocenters. The molecule has 2 aliphatic rings. The first kappa shape index (κ1) is 14.6. The predicted octanol–water partition coefficient (Wildman–Crippen LogP) is 4.76. The highest BCUT2D eigenvalue weighted by atomic mass is 79.9. The van der Waals surface area contributed by atoms with E-state index in [0.29, 0.717) is 11.8 Å². The van der Waals surface area contributed by atoms with Gasteiger partial charge >= 0.3 is 0 Å². The minimum atomic E-state index is -0.456. The number of hydrogen-bond donors (Lipinski definition) is 0. The average molecular weight is 369 g/mol. The summed E-state index contributed by atoms with van der Waals surface area (Å²) in [5, 5.41) is 0. The van der Waals surface area contributed by atoms with Crippen molar-refractivity contribution < 1.29 is 4.74 Å². The molecular weight excluding hydrogens is 352 g/mol. The Labute approximate surface area is 144 Å². The number of nitrogens with zero attached hydrogens (tertiary/aromatic N) is 2. The Hall–Kier alpha value is -1.94. The Bertz CT molecular complexity index is 787. The number of rotatable bonds is 2. The van der Waals surface area contributed by atoms with E-state index in [9.17, 15) is 0 Å². The van der Waals surface area contributed by atoms with E-state index in [1.54, 1.807) is 6.33 Å². The minimum Gasteiger partial charge on any atom is -0.465 e. The van der Waals surface area contributed by atoms with Gasteiger partial charge in [0.2, 0.25) is 5.88 Å². The van der Waals surface area contributed by atoms with E-state index < -0.39 is 5.60 Å². The van der Waals surface area contributed by atoms with E-state index in [1.807, 2.05) is 6.07 Å². The molecule has 3 atom stereocenters. The van der Waals surface area contributed by atoms with E-state index in [1.165, 1.54) is 0 Å². The quantitative estimate of drug-likeness (QED) is 0.716. The van der Waals surface area contributed by atoms with E-state index in [-0.39, 0.29) is 5.92 Å². The Kier molecular flexibility index (Phi) is 3.57. The molecule has 3 nitrogen and oxygen atoms in total. The number of benzene rings is 1. The Morgan fingerprint density at radius 2 is 2.00 bits per heavy atom. The molecule has 1 aromatic carbocycles. The molecule has 4 heteroatoms. The third-order valence-corrected chi connectivity index (χ3v) is 5.43. The van der Waals surface area contributed by atoms with Gasteiger partial charge in [-0.1, -0.05) is 54.6 Å². The van der Waals surface area contributed by atoms with E-state index in [0.717, 1.165) is 22.2 Å². The number of fused-ring (bicyclic) bond motifs is 1. The predicted molar refractivity (Wildman–Crippen MR) is 93.3 cm³/mol. The highest BCUT2D eigenvalue weighted by Crippen LogP contribution is 2.55. The van der Waals surface area contributed by atoms with Gasteiger partial charge in [0, 0.05) is 5.92 Å². The van der Waals surface area contributed by atoms with Crippen LogP contribution in [-0.2, 0) is 5.60 Å².